The highest BCUT2D eigenvalue weighted by Crippen LogP contribution is 2.20. The summed E-state index contributed by atoms with van der Waals surface area (Å²) in [6.45, 7) is 9.07. The van der Waals surface area contributed by atoms with Crippen molar-refractivity contribution in [2.75, 3.05) is 39.8 Å². The molecule has 0 aromatic carbocycles. The molecule has 2 aliphatic heterocycles. The number of hydrogen-bond donors (Lipinski definition) is 1. The normalized spacial score (nSPS) is 29.9. The van der Waals surface area contributed by atoms with Gasteiger partial charge < -0.3 is 15.1 Å². The second kappa shape index (κ2) is 4.72. The van der Waals surface area contributed by atoms with Crippen LogP contribution in [0.4, 0.5) is 0 Å². The van der Waals surface area contributed by atoms with Gasteiger partial charge in [-0.3, -0.25) is 4.79 Å². The standard InChI is InChI=1S/C12H23N3O/c1-9-8-15(5-4-14(9)3)12(16)10(2)11-6-13-7-11/h9-11,13H,4-8H2,1-3H3. The molecule has 0 spiro atoms. The van der Waals surface area contributed by atoms with Gasteiger partial charge in [0, 0.05) is 31.6 Å². The molecule has 0 aromatic heterocycles. The number of nitrogens with one attached hydrogen (secondary N) is 1. The number of piperazine rings is 1. The smallest absolute Gasteiger partial charge is 0.225 e. The SMILES string of the molecule is CC(C(=O)N1CCN(C)C(C)C1)C1CNC1. The summed E-state index contributed by atoms with van der Waals surface area (Å²) in [6, 6.07) is 0.490. The summed E-state index contributed by atoms with van der Waals surface area (Å²) < 4.78 is 0. The molecule has 4 heteroatoms. The minimum absolute atomic E-state index is 0.192. The monoisotopic (exact) mass is 225 g/mol. The molecule has 16 heavy (non-hydrogen) atoms. The number of carbonyl (C=O) groups excluding carboxylic acids is 1. The second-order valence-corrected chi connectivity index (χ2v) is 5.32. The molecule has 4 nitrogen and oxygen atoms in total. The van der Waals surface area contributed by atoms with Crippen LogP contribution in [-0.4, -0.2) is 61.5 Å². The van der Waals surface area contributed by atoms with E-state index in [2.05, 4.69) is 31.1 Å². The van der Waals surface area contributed by atoms with Crippen LogP contribution in [-0.2, 0) is 4.79 Å². The molecule has 92 valence electrons. The zero-order chi connectivity index (χ0) is 11.7. The maximum atomic E-state index is 12.3. The Kier molecular flexibility index (Phi) is 3.50. The lowest BCUT2D eigenvalue weighted by Gasteiger charge is -2.41. The lowest BCUT2D eigenvalue weighted by molar-refractivity contribution is -0.140. The molecule has 2 heterocycles. The molecule has 2 saturated heterocycles. The predicted octanol–water partition coefficient (Wildman–Crippen LogP) is 0.00440. The van der Waals surface area contributed by atoms with Crippen LogP contribution in [0.2, 0.25) is 0 Å². The van der Waals surface area contributed by atoms with Crippen LogP contribution in [0.3, 0.4) is 0 Å². The van der Waals surface area contributed by atoms with Gasteiger partial charge >= 0.3 is 0 Å². The molecule has 2 fully saturated rings. The third kappa shape index (κ3) is 2.23. The van der Waals surface area contributed by atoms with E-state index >= 15 is 0 Å². The molecule has 0 aromatic rings. The van der Waals surface area contributed by atoms with Crippen molar-refractivity contribution in [2.45, 2.75) is 19.9 Å². The van der Waals surface area contributed by atoms with Crippen LogP contribution in [0.15, 0.2) is 0 Å². The first-order chi connectivity index (χ1) is 7.59. The van der Waals surface area contributed by atoms with E-state index in [9.17, 15) is 4.79 Å². The van der Waals surface area contributed by atoms with Crippen LogP contribution < -0.4 is 5.32 Å². The van der Waals surface area contributed by atoms with Gasteiger partial charge in [0.05, 0.1) is 0 Å². The molecule has 2 rings (SSSR count). The number of carbonyl (C=O) groups is 1. The van der Waals surface area contributed by atoms with Gasteiger partial charge in [0.1, 0.15) is 0 Å². The van der Waals surface area contributed by atoms with Gasteiger partial charge in [0.15, 0.2) is 0 Å². The van der Waals surface area contributed by atoms with Gasteiger partial charge in [-0.05, 0) is 33.0 Å². The lowest BCUT2D eigenvalue weighted by atomic mass is 9.87. The predicted molar refractivity (Wildman–Crippen MR) is 64.2 cm³/mol. The number of rotatable bonds is 2. The van der Waals surface area contributed by atoms with Crippen LogP contribution in [0.1, 0.15) is 13.8 Å². The fourth-order valence-corrected chi connectivity index (χ4v) is 2.40. The summed E-state index contributed by atoms with van der Waals surface area (Å²) in [6.07, 6.45) is 0. The highest BCUT2D eigenvalue weighted by molar-refractivity contribution is 5.79. The maximum Gasteiger partial charge on any atom is 0.225 e. The van der Waals surface area contributed by atoms with Gasteiger partial charge in [-0.1, -0.05) is 6.92 Å². The maximum absolute atomic E-state index is 12.3. The third-order valence-electron chi connectivity index (χ3n) is 4.18. The van der Waals surface area contributed by atoms with Gasteiger partial charge in [-0.2, -0.15) is 0 Å². The van der Waals surface area contributed by atoms with E-state index < -0.39 is 0 Å². The lowest BCUT2D eigenvalue weighted by Crippen LogP contribution is -2.56. The quantitative estimate of drug-likeness (QED) is 0.719. The van der Waals surface area contributed by atoms with Crippen molar-refractivity contribution in [1.29, 1.82) is 0 Å². The molecule has 0 aliphatic carbocycles. The Morgan fingerprint density at radius 3 is 2.56 bits per heavy atom. The second-order valence-electron chi connectivity index (χ2n) is 5.32. The van der Waals surface area contributed by atoms with Crippen molar-refractivity contribution in [3.05, 3.63) is 0 Å². The van der Waals surface area contributed by atoms with Crippen molar-refractivity contribution < 1.29 is 4.79 Å². The van der Waals surface area contributed by atoms with E-state index in [-0.39, 0.29) is 5.92 Å². The summed E-state index contributed by atoms with van der Waals surface area (Å²) in [5.41, 5.74) is 0. The largest absolute Gasteiger partial charge is 0.340 e. The van der Waals surface area contributed by atoms with Crippen molar-refractivity contribution >= 4 is 5.91 Å². The summed E-state index contributed by atoms with van der Waals surface area (Å²) in [4.78, 5) is 16.6. The molecule has 2 unspecified atom stereocenters. The summed E-state index contributed by atoms with van der Waals surface area (Å²) in [5.74, 6) is 1.10. The van der Waals surface area contributed by atoms with E-state index in [1.54, 1.807) is 0 Å². The summed E-state index contributed by atoms with van der Waals surface area (Å²) in [7, 11) is 2.13. The third-order valence-corrected chi connectivity index (χ3v) is 4.18. The Morgan fingerprint density at radius 1 is 1.38 bits per heavy atom. The van der Waals surface area contributed by atoms with Crippen molar-refractivity contribution in [3.8, 4) is 0 Å². The fraction of sp³-hybridized carbons (Fsp3) is 0.917. The zero-order valence-corrected chi connectivity index (χ0v) is 10.6. The molecule has 2 aliphatic rings. The fourth-order valence-electron chi connectivity index (χ4n) is 2.40. The minimum Gasteiger partial charge on any atom is -0.340 e. The van der Waals surface area contributed by atoms with E-state index in [0.29, 0.717) is 17.9 Å². The molecule has 0 saturated carbocycles. The number of likely N-dealkylation sites (N-methyl/N-ethyl adjacent to an activating group) is 1. The molecule has 1 amide bonds. The van der Waals surface area contributed by atoms with Crippen LogP contribution in [0.5, 0.6) is 0 Å². The Hall–Kier alpha value is -0.610. The highest BCUT2D eigenvalue weighted by Gasteiger charge is 2.33. The molecule has 1 N–H and O–H groups in total. The Balaban J connectivity index is 1.89. The molecular formula is C12H23N3O. The van der Waals surface area contributed by atoms with Gasteiger partial charge in [-0.25, -0.2) is 0 Å². The van der Waals surface area contributed by atoms with Crippen LogP contribution in [0.25, 0.3) is 0 Å². The van der Waals surface area contributed by atoms with Crippen LogP contribution >= 0.6 is 0 Å². The average molecular weight is 225 g/mol. The topological polar surface area (TPSA) is 35.6 Å². The van der Waals surface area contributed by atoms with E-state index in [1.165, 1.54) is 0 Å². The molecule has 0 bridgehead atoms. The first kappa shape index (κ1) is 11.9. The van der Waals surface area contributed by atoms with Crippen molar-refractivity contribution in [2.24, 2.45) is 11.8 Å². The number of hydrogen-bond acceptors (Lipinski definition) is 3. The Morgan fingerprint density at radius 2 is 2.06 bits per heavy atom. The van der Waals surface area contributed by atoms with Crippen molar-refractivity contribution in [1.82, 2.24) is 15.1 Å². The highest BCUT2D eigenvalue weighted by atomic mass is 16.2. The van der Waals surface area contributed by atoms with Crippen molar-refractivity contribution in [3.63, 3.8) is 0 Å². The number of amides is 1. The molecule has 2 atom stereocenters. The number of nitrogens with zero attached hydrogens (tertiary/aromatic N) is 2. The van der Waals surface area contributed by atoms with E-state index in [0.717, 1.165) is 32.7 Å². The Bertz CT molecular complexity index is 265. The first-order valence-electron chi connectivity index (χ1n) is 6.29. The minimum atomic E-state index is 0.192. The summed E-state index contributed by atoms with van der Waals surface area (Å²) in [5, 5.41) is 3.24. The average Bonchev–Trinajstić information content (AvgIpc) is 2.18. The van der Waals surface area contributed by atoms with E-state index in [1.807, 2.05) is 4.90 Å². The van der Waals surface area contributed by atoms with Crippen LogP contribution in [0, 0.1) is 11.8 Å². The zero-order valence-electron chi connectivity index (χ0n) is 10.6. The Labute approximate surface area is 98.0 Å². The first-order valence-corrected chi connectivity index (χ1v) is 6.29. The molecular weight excluding hydrogens is 202 g/mol. The summed E-state index contributed by atoms with van der Waals surface area (Å²) >= 11 is 0. The van der Waals surface area contributed by atoms with Gasteiger partial charge in [-0.15, -0.1) is 0 Å². The molecule has 0 radical (unpaired) electrons. The van der Waals surface area contributed by atoms with Gasteiger partial charge in [0.2, 0.25) is 5.91 Å². The van der Waals surface area contributed by atoms with Gasteiger partial charge in [0.25, 0.3) is 0 Å². The van der Waals surface area contributed by atoms with E-state index in [4.69, 9.17) is 0 Å².